The first kappa shape index (κ1) is 14.4. The van der Waals surface area contributed by atoms with E-state index in [0.29, 0.717) is 17.3 Å². The van der Waals surface area contributed by atoms with Gasteiger partial charge in [0.25, 0.3) is 0 Å². The molecule has 3 rings (SSSR count). The molecule has 0 spiro atoms. The summed E-state index contributed by atoms with van der Waals surface area (Å²) in [7, 11) is 1.83. The fourth-order valence-electron chi connectivity index (χ4n) is 2.86. The van der Waals surface area contributed by atoms with Gasteiger partial charge >= 0.3 is 0 Å². The third kappa shape index (κ3) is 2.93. The van der Waals surface area contributed by atoms with Crippen molar-refractivity contribution in [3.63, 3.8) is 0 Å². The molecule has 0 aliphatic heterocycles. The molecule has 5 heteroatoms. The Kier molecular flexibility index (Phi) is 4.19. The van der Waals surface area contributed by atoms with Crippen molar-refractivity contribution in [3.8, 4) is 11.4 Å². The Labute approximate surface area is 132 Å². The maximum Gasteiger partial charge on any atom is 0.161 e. The maximum atomic E-state index is 13.4. The molecule has 0 bridgehead atoms. The number of aromatic nitrogens is 2. The van der Waals surface area contributed by atoms with Gasteiger partial charge in [0.05, 0.1) is 10.2 Å². The average molecular weight is 350 g/mol. The van der Waals surface area contributed by atoms with Crippen molar-refractivity contribution >= 4 is 21.7 Å². The van der Waals surface area contributed by atoms with Crippen LogP contribution in [0.1, 0.15) is 37.3 Å². The molecule has 1 saturated carbocycles. The molecule has 1 N–H and O–H groups in total. The molecule has 2 aromatic rings. The molecule has 1 aliphatic carbocycles. The lowest BCUT2D eigenvalue weighted by Gasteiger charge is -2.15. The van der Waals surface area contributed by atoms with Crippen LogP contribution >= 0.6 is 15.9 Å². The van der Waals surface area contributed by atoms with Crippen molar-refractivity contribution in [2.75, 3.05) is 12.4 Å². The second-order valence-electron chi connectivity index (χ2n) is 5.34. The molecule has 1 heterocycles. The first-order chi connectivity index (χ1) is 10.2. The van der Waals surface area contributed by atoms with Gasteiger partial charge in [0, 0.05) is 18.5 Å². The third-order valence-corrected chi connectivity index (χ3v) is 4.72. The minimum atomic E-state index is -0.271. The number of anilines is 1. The molecule has 21 heavy (non-hydrogen) atoms. The van der Waals surface area contributed by atoms with Crippen LogP contribution in [0.2, 0.25) is 0 Å². The maximum absolute atomic E-state index is 13.4. The summed E-state index contributed by atoms with van der Waals surface area (Å²) in [6, 6.07) is 6.43. The van der Waals surface area contributed by atoms with E-state index < -0.39 is 0 Å². The fourth-order valence-corrected chi connectivity index (χ4v) is 3.56. The van der Waals surface area contributed by atoms with Crippen molar-refractivity contribution in [2.24, 2.45) is 0 Å². The smallest absolute Gasteiger partial charge is 0.161 e. The van der Waals surface area contributed by atoms with Gasteiger partial charge in [-0.1, -0.05) is 25.0 Å². The number of hydrogen-bond donors (Lipinski definition) is 1. The minimum Gasteiger partial charge on any atom is -0.372 e. The molecular formula is C16H17BrFN3. The lowest BCUT2D eigenvalue weighted by atomic mass is 10.0. The Bertz CT molecular complexity index is 654. The highest BCUT2D eigenvalue weighted by molar-refractivity contribution is 9.10. The SMILES string of the molecule is CNc1nc(-c2cccc(F)c2)nc(C2CCCC2)c1Br. The van der Waals surface area contributed by atoms with Gasteiger partial charge in [-0.15, -0.1) is 0 Å². The lowest BCUT2D eigenvalue weighted by molar-refractivity contribution is 0.628. The van der Waals surface area contributed by atoms with E-state index in [1.54, 1.807) is 6.07 Å². The van der Waals surface area contributed by atoms with Crippen molar-refractivity contribution in [2.45, 2.75) is 31.6 Å². The lowest BCUT2D eigenvalue weighted by Crippen LogP contribution is -2.06. The number of hydrogen-bond acceptors (Lipinski definition) is 3. The molecule has 110 valence electrons. The van der Waals surface area contributed by atoms with Gasteiger partial charge < -0.3 is 5.32 Å². The molecule has 3 nitrogen and oxygen atoms in total. The van der Waals surface area contributed by atoms with Gasteiger partial charge in [-0.25, -0.2) is 14.4 Å². The number of halogens is 2. The van der Waals surface area contributed by atoms with Crippen LogP contribution in [0.5, 0.6) is 0 Å². The van der Waals surface area contributed by atoms with Crippen molar-refractivity contribution in [1.82, 2.24) is 9.97 Å². The Balaban J connectivity index is 2.10. The second-order valence-corrected chi connectivity index (χ2v) is 6.13. The van der Waals surface area contributed by atoms with E-state index in [2.05, 4.69) is 26.2 Å². The van der Waals surface area contributed by atoms with E-state index in [-0.39, 0.29) is 5.82 Å². The number of nitrogens with zero attached hydrogens (tertiary/aromatic N) is 2. The zero-order valence-corrected chi connectivity index (χ0v) is 13.5. The fraction of sp³-hybridized carbons (Fsp3) is 0.375. The van der Waals surface area contributed by atoms with Crippen molar-refractivity contribution < 1.29 is 4.39 Å². The molecule has 1 aromatic heterocycles. The minimum absolute atomic E-state index is 0.271. The van der Waals surface area contributed by atoms with Crippen LogP contribution in [0.3, 0.4) is 0 Å². The predicted octanol–water partition coefficient (Wildman–Crippen LogP) is 4.74. The van der Waals surface area contributed by atoms with Gasteiger partial charge in [-0.05, 0) is 40.9 Å². The Morgan fingerprint density at radius 1 is 1.24 bits per heavy atom. The molecule has 0 saturated heterocycles. The summed E-state index contributed by atoms with van der Waals surface area (Å²) < 4.78 is 14.4. The molecular weight excluding hydrogens is 333 g/mol. The van der Waals surface area contributed by atoms with Gasteiger partial charge in [-0.3, -0.25) is 0 Å². The van der Waals surface area contributed by atoms with Crippen LogP contribution in [-0.4, -0.2) is 17.0 Å². The molecule has 1 aliphatic rings. The van der Waals surface area contributed by atoms with E-state index >= 15 is 0 Å². The summed E-state index contributed by atoms with van der Waals surface area (Å²) in [5.41, 5.74) is 1.74. The summed E-state index contributed by atoms with van der Waals surface area (Å²) in [6.45, 7) is 0. The Morgan fingerprint density at radius 3 is 2.67 bits per heavy atom. The number of rotatable bonds is 3. The van der Waals surface area contributed by atoms with Crippen molar-refractivity contribution in [3.05, 3.63) is 40.2 Å². The van der Waals surface area contributed by atoms with Crippen LogP contribution in [-0.2, 0) is 0 Å². The highest BCUT2D eigenvalue weighted by Crippen LogP contribution is 2.39. The van der Waals surface area contributed by atoms with Gasteiger partial charge in [0.2, 0.25) is 0 Å². The number of benzene rings is 1. The monoisotopic (exact) mass is 349 g/mol. The van der Waals surface area contributed by atoms with E-state index in [0.717, 1.165) is 28.8 Å². The van der Waals surface area contributed by atoms with Gasteiger partial charge in [-0.2, -0.15) is 0 Å². The first-order valence-electron chi connectivity index (χ1n) is 7.20. The zero-order chi connectivity index (χ0) is 14.8. The highest BCUT2D eigenvalue weighted by Gasteiger charge is 2.24. The van der Waals surface area contributed by atoms with Gasteiger partial charge in [0.15, 0.2) is 5.82 Å². The molecule has 1 aromatic carbocycles. The predicted molar refractivity (Wildman–Crippen MR) is 85.9 cm³/mol. The third-order valence-electron chi connectivity index (χ3n) is 3.94. The highest BCUT2D eigenvalue weighted by atomic mass is 79.9. The first-order valence-corrected chi connectivity index (χ1v) is 7.99. The van der Waals surface area contributed by atoms with Crippen LogP contribution in [0.15, 0.2) is 28.7 Å². The normalized spacial score (nSPS) is 15.4. The van der Waals surface area contributed by atoms with Crippen LogP contribution in [0, 0.1) is 5.82 Å². The standard InChI is InChI=1S/C16H17BrFN3/c1-19-16-13(17)14(10-5-2-3-6-10)20-15(21-16)11-7-4-8-12(18)9-11/h4,7-10H,2-3,5-6H2,1H3,(H,19,20,21). The molecule has 1 fully saturated rings. The van der Waals surface area contributed by atoms with Gasteiger partial charge in [0.1, 0.15) is 11.6 Å². The second kappa shape index (κ2) is 6.10. The summed E-state index contributed by atoms with van der Waals surface area (Å²) in [5, 5.41) is 3.09. The summed E-state index contributed by atoms with van der Waals surface area (Å²) in [5.74, 6) is 1.52. The molecule has 0 amide bonds. The zero-order valence-electron chi connectivity index (χ0n) is 11.9. The van der Waals surface area contributed by atoms with E-state index in [1.165, 1.54) is 25.0 Å². The average Bonchev–Trinajstić information content (AvgIpc) is 3.01. The van der Waals surface area contributed by atoms with E-state index in [9.17, 15) is 4.39 Å². The Morgan fingerprint density at radius 2 is 2.00 bits per heavy atom. The number of nitrogens with one attached hydrogen (secondary N) is 1. The molecule has 0 atom stereocenters. The van der Waals surface area contributed by atoms with Crippen molar-refractivity contribution in [1.29, 1.82) is 0 Å². The van der Waals surface area contributed by atoms with Crippen LogP contribution in [0.4, 0.5) is 10.2 Å². The molecule has 0 radical (unpaired) electrons. The topological polar surface area (TPSA) is 37.8 Å². The molecule has 0 unspecified atom stereocenters. The van der Waals surface area contributed by atoms with E-state index in [1.807, 2.05) is 13.1 Å². The van der Waals surface area contributed by atoms with Crippen LogP contribution in [0.25, 0.3) is 11.4 Å². The summed E-state index contributed by atoms with van der Waals surface area (Å²) >= 11 is 3.61. The van der Waals surface area contributed by atoms with E-state index in [4.69, 9.17) is 4.98 Å². The summed E-state index contributed by atoms with van der Waals surface area (Å²) in [4.78, 5) is 9.21. The van der Waals surface area contributed by atoms with Crippen LogP contribution < -0.4 is 5.32 Å². The largest absolute Gasteiger partial charge is 0.372 e. The Hall–Kier alpha value is -1.49. The summed E-state index contributed by atoms with van der Waals surface area (Å²) in [6.07, 6.45) is 4.79. The quantitative estimate of drug-likeness (QED) is 0.869.